The number of nitrogens with one attached hydrogen (secondary N) is 1. The van der Waals surface area contributed by atoms with E-state index in [0.29, 0.717) is 28.1 Å². The maximum absolute atomic E-state index is 13.8. The van der Waals surface area contributed by atoms with E-state index in [9.17, 15) is 14.3 Å². The number of carboxylic acids is 1. The summed E-state index contributed by atoms with van der Waals surface area (Å²) in [4.78, 5) is 14.6. The number of hydrogen-bond donors (Lipinski definition) is 2. The maximum atomic E-state index is 13.8. The molecule has 0 bridgehead atoms. The highest BCUT2D eigenvalue weighted by molar-refractivity contribution is 6.30. The number of halogens is 2. The van der Waals surface area contributed by atoms with Crippen molar-refractivity contribution in [1.29, 1.82) is 0 Å². The molecular weight excluding hydrogens is 333 g/mol. The smallest absolute Gasteiger partial charge is 0.352 e. The summed E-state index contributed by atoms with van der Waals surface area (Å²) in [6.45, 7) is 0.194. The summed E-state index contributed by atoms with van der Waals surface area (Å²) in [6.07, 6.45) is 0. The second-order valence-corrected chi connectivity index (χ2v) is 5.91. The molecule has 0 atom stereocenters. The van der Waals surface area contributed by atoms with E-state index in [1.54, 1.807) is 6.07 Å². The van der Waals surface area contributed by atoms with Gasteiger partial charge >= 0.3 is 5.97 Å². The summed E-state index contributed by atoms with van der Waals surface area (Å²) >= 11 is 5.93. The third-order valence-electron chi connectivity index (χ3n) is 4.00. The van der Waals surface area contributed by atoms with Gasteiger partial charge in [-0.05, 0) is 35.9 Å². The van der Waals surface area contributed by atoms with Gasteiger partial charge in [-0.3, -0.25) is 0 Å². The van der Waals surface area contributed by atoms with Crippen molar-refractivity contribution >= 4 is 17.6 Å². The summed E-state index contributed by atoms with van der Waals surface area (Å²) in [5, 5.41) is 9.77. The van der Waals surface area contributed by atoms with Crippen molar-refractivity contribution in [3.8, 4) is 28.1 Å². The molecule has 0 spiro atoms. The highest BCUT2D eigenvalue weighted by atomic mass is 35.5. The largest absolute Gasteiger partial charge is 0.488 e. The van der Waals surface area contributed by atoms with E-state index in [0.717, 1.165) is 5.56 Å². The van der Waals surface area contributed by atoms with Crippen LogP contribution in [0.1, 0.15) is 16.1 Å². The molecule has 2 heterocycles. The first-order valence-corrected chi connectivity index (χ1v) is 7.59. The molecule has 3 aromatic rings. The standard InChI is InChI=1S/C18H11ClFNO3/c19-10-5-9(6-11(20)7-10)15-13-8-24-14-4-2-1-3-12(14)16(13)21-17(15)18(22)23/h1-7,21H,8H2,(H,22,23). The van der Waals surface area contributed by atoms with Gasteiger partial charge in [0.1, 0.15) is 23.9 Å². The summed E-state index contributed by atoms with van der Waals surface area (Å²) in [5.41, 5.74) is 2.90. The van der Waals surface area contributed by atoms with E-state index in [1.807, 2.05) is 24.3 Å². The normalized spacial score (nSPS) is 12.2. The first-order valence-electron chi connectivity index (χ1n) is 7.21. The Kier molecular flexibility index (Phi) is 3.32. The topological polar surface area (TPSA) is 62.3 Å². The lowest BCUT2D eigenvalue weighted by molar-refractivity contribution is 0.0692. The quantitative estimate of drug-likeness (QED) is 0.707. The number of carbonyl (C=O) groups is 1. The number of H-pyrrole nitrogens is 1. The molecule has 0 radical (unpaired) electrons. The SMILES string of the molecule is O=C(O)c1[nH]c2c(c1-c1cc(F)cc(Cl)c1)COc1ccccc1-2. The van der Waals surface area contributed by atoms with Gasteiger partial charge in [-0.2, -0.15) is 0 Å². The molecule has 4 nitrogen and oxygen atoms in total. The molecule has 2 N–H and O–H groups in total. The lowest BCUT2D eigenvalue weighted by atomic mass is 9.96. The molecule has 6 heteroatoms. The number of aromatic nitrogens is 1. The number of fused-ring (bicyclic) bond motifs is 3. The molecule has 0 unspecified atom stereocenters. The molecule has 0 fully saturated rings. The van der Waals surface area contributed by atoms with Crippen LogP contribution in [0.5, 0.6) is 5.75 Å². The van der Waals surface area contributed by atoms with Gasteiger partial charge in [0.15, 0.2) is 0 Å². The lowest BCUT2D eigenvalue weighted by Gasteiger charge is -2.18. The third-order valence-corrected chi connectivity index (χ3v) is 4.22. The summed E-state index contributed by atoms with van der Waals surface area (Å²) in [5.74, 6) is -0.981. The number of hydrogen-bond acceptors (Lipinski definition) is 2. The Hall–Kier alpha value is -2.79. The first kappa shape index (κ1) is 14.8. The van der Waals surface area contributed by atoms with Crippen molar-refractivity contribution in [3.05, 3.63) is 64.6 Å². The molecule has 24 heavy (non-hydrogen) atoms. The van der Waals surface area contributed by atoms with Crippen LogP contribution in [0.15, 0.2) is 42.5 Å². The Balaban J connectivity index is 2.02. The van der Waals surface area contributed by atoms with Gasteiger partial charge < -0.3 is 14.8 Å². The number of ether oxygens (including phenoxy) is 1. The monoisotopic (exact) mass is 343 g/mol. The Morgan fingerprint density at radius 2 is 2.04 bits per heavy atom. The number of aromatic carboxylic acids is 1. The molecule has 0 aliphatic carbocycles. The number of rotatable bonds is 2. The van der Waals surface area contributed by atoms with Gasteiger partial charge in [-0.15, -0.1) is 0 Å². The van der Waals surface area contributed by atoms with Gasteiger partial charge in [0.2, 0.25) is 0 Å². The summed E-state index contributed by atoms with van der Waals surface area (Å²) < 4.78 is 19.5. The van der Waals surface area contributed by atoms with E-state index in [2.05, 4.69) is 4.98 Å². The molecule has 0 saturated heterocycles. The zero-order valence-corrected chi connectivity index (χ0v) is 13.0. The number of benzene rings is 2. The van der Waals surface area contributed by atoms with Crippen LogP contribution in [-0.2, 0) is 6.61 Å². The molecule has 2 aromatic carbocycles. The summed E-state index contributed by atoms with van der Waals surface area (Å²) in [6, 6.07) is 11.3. The van der Waals surface area contributed by atoms with Gasteiger partial charge in [0.05, 0.1) is 5.69 Å². The van der Waals surface area contributed by atoms with Crippen LogP contribution in [0.25, 0.3) is 22.4 Å². The van der Waals surface area contributed by atoms with Gasteiger partial charge in [-0.25, -0.2) is 9.18 Å². The molecule has 1 aliphatic heterocycles. The van der Waals surface area contributed by atoms with Crippen LogP contribution in [0.2, 0.25) is 5.02 Å². The second kappa shape index (κ2) is 5.39. The zero-order chi connectivity index (χ0) is 16.8. The van der Waals surface area contributed by atoms with Crippen LogP contribution >= 0.6 is 11.6 Å². The van der Waals surface area contributed by atoms with E-state index < -0.39 is 11.8 Å². The molecule has 0 amide bonds. The lowest BCUT2D eigenvalue weighted by Crippen LogP contribution is -2.05. The second-order valence-electron chi connectivity index (χ2n) is 5.48. The van der Waals surface area contributed by atoms with Crippen LogP contribution in [0.3, 0.4) is 0 Å². The highest BCUT2D eigenvalue weighted by Gasteiger charge is 2.28. The Morgan fingerprint density at radius 3 is 2.79 bits per heavy atom. The van der Waals surface area contributed by atoms with Gasteiger partial charge in [0, 0.05) is 21.7 Å². The molecule has 1 aromatic heterocycles. The fraction of sp³-hybridized carbons (Fsp3) is 0.0556. The fourth-order valence-corrected chi connectivity index (χ4v) is 3.26. The highest BCUT2D eigenvalue weighted by Crippen LogP contribution is 2.43. The van der Waals surface area contributed by atoms with Crippen molar-refractivity contribution in [3.63, 3.8) is 0 Å². The molecular formula is C18H11ClFNO3. The average Bonchev–Trinajstić information content (AvgIpc) is 2.94. The minimum atomic E-state index is -1.13. The zero-order valence-electron chi connectivity index (χ0n) is 12.3. The number of aromatic amines is 1. The minimum absolute atomic E-state index is 0.0121. The van der Waals surface area contributed by atoms with Crippen LogP contribution in [0, 0.1) is 5.82 Å². The van der Waals surface area contributed by atoms with Crippen molar-refractivity contribution in [2.24, 2.45) is 0 Å². The van der Waals surface area contributed by atoms with Crippen molar-refractivity contribution in [1.82, 2.24) is 4.98 Å². The number of para-hydroxylation sites is 1. The number of carboxylic acid groups (broad SMARTS) is 1. The Morgan fingerprint density at radius 1 is 1.25 bits per heavy atom. The minimum Gasteiger partial charge on any atom is -0.488 e. The van der Waals surface area contributed by atoms with E-state index in [-0.39, 0.29) is 17.3 Å². The van der Waals surface area contributed by atoms with Crippen LogP contribution in [-0.4, -0.2) is 16.1 Å². The van der Waals surface area contributed by atoms with Crippen molar-refractivity contribution < 1.29 is 19.0 Å². The third kappa shape index (κ3) is 2.25. The van der Waals surface area contributed by atoms with E-state index in [4.69, 9.17) is 16.3 Å². The average molecular weight is 344 g/mol. The molecule has 1 aliphatic rings. The summed E-state index contributed by atoms with van der Waals surface area (Å²) in [7, 11) is 0. The van der Waals surface area contributed by atoms with E-state index >= 15 is 0 Å². The van der Waals surface area contributed by atoms with Crippen LogP contribution in [0.4, 0.5) is 4.39 Å². The van der Waals surface area contributed by atoms with Crippen molar-refractivity contribution in [2.75, 3.05) is 0 Å². The molecule has 4 rings (SSSR count). The predicted octanol–water partition coefficient (Wildman–Crippen LogP) is 4.73. The van der Waals surface area contributed by atoms with Crippen molar-refractivity contribution in [2.45, 2.75) is 6.61 Å². The van der Waals surface area contributed by atoms with Gasteiger partial charge in [0.25, 0.3) is 0 Å². The fourth-order valence-electron chi connectivity index (χ4n) is 3.04. The Bertz CT molecular complexity index is 960. The van der Waals surface area contributed by atoms with Gasteiger partial charge in [-0.1, -0.05) is 23.7 Å². The molecule has 0 saturated carbocycles. The van der Waals surface area contributed by atoms with E-state index in [1.165, 1.54) is 12.1 Å². The first-order chi connectivity index (χ1) is 11.5. The predicted molar refractivity (Wildman–Crippen MR) is 87.9 cm³/mol. The van der Waals surface area contributed by atoms with Crippen LogP contribution < -0.4 is 4.74 Å². The Labute approximate surface area is 141 Å². The molecule has 120 valence electrons. The maximum Gasteiger partial charge on any atom is 0.352 e.